The molecule has 4 amide bonds. The summed E-state index contributed by atoms with van der Waals surface area (Å²) in [6, 6.07) is 5.74. The highest BCUT2D eigenvalue weighted by Crippen LogP contribution is 2.46. The van der Waals surface area contributed by atoms with Crippen molar-refractivity contribution in [3.8, 4) is 5.75 Å². The van der Waals surface area contributed by atoms with Crippen LogP contribution in [0, 0.1) is 5.92 Å². The average molecular weight is 816 g/mol. The molecule has 0 spiro atoms. The van der Waals surface area contributed by atoms with Gasteiger partial charge in [0.15, 0.2) is 0 Å². The van der Waals surface area contributed by atoms with Crippen LogP contribution in [0.5, 0.6) is 5.75 Å². The number of benzene rings is 1. The third kappa shape index (κ3) is 9.36. The molecule has 5 aliphatic rings. The van der Waals surface area contributed by atoms with E-state index >= 15 is 0 Å². The van der Waals surface area contributed by atoms with Crippen LogP contribution in [-0.4, -0.2) is 89.5 Å². The lowest BCUT2D eigenvalue weighted by Gasteiger charge is -2.28. The summed E-state index contributed by atoms with van der Waals surface area (Å²) in [7, 11) is -3.88. The predicted molar refractivity (Wildman–Crippen MR) is 209 cm³/mol. The number of alkyl carbamates (subject to hydrolysis) is 1. The van der Waals surface area contributed by atoms with Crippen molar-refractivity contribution in [3.05, 3.63) is 41.4 Å². The number of amides is 4. The number of pyridine rings is 1. The highest BCUT2D eigenvalue weighted by molar-refractivity contribution is 7.99. The van der Waals surface area contributed by atoms with Gasteiger partial charge < -0.3 is 25.0 Å². The zero-order valence-electron chi connectivity index (χ0n) is 31.1. The second-order valence-corrected chi connectivity index (χ2v) is 19.0. The number of halogens is 1. The van der Waals surface area contributed by atoms with Gasteiger partial charge in [0.2, 0.25) is 21.8 Å². The van der Waals surface area contributed by atoms with Gasteiger partial charge in [0, 0.05) is 36.3 Å². The number of para-hydroxylation sites is 1. The summed E-state index contributed by atoms with van der Waals surface area (Å²) in [5.41, 5.74) is -0.886. The SMILES string of the molecule is CCCSc1cc(O[C@@H]2C[C@H]3C(=O)N[C@]4(C(=O)NS(=O)(=O)C5CC5)C[C@H]4/C=C\CCCC[C@H](NC(=O)OC4CCCC4)CC(=O)N3C2)c2cccc(Cl)c2n1. The van der Waals surface area contributed by atoms with Crippen LogP contribution >= 0.6 is 23.4 Å². The molecule has 3 saturated carbocycles. The molecule has 2 aliphatic heterocycles. The van der Waals surface area contributed by atoms with Crippen LogP contribution in [0.15, 0.2) is 41.4 Å². The summed E-state index contributed by atoms with van der Waals surface area (Å²) >= 11 is 8.16. The maximum atomic E-state index is 14.4. The Labute approximate surface area is 331 Å². The minimum Gasteiger partial charge on any atom is -0.488 e. The first-order valence-corrected chi connectivity index (χ1v) is 22.6. The fraction of sp³-hybridized carbons (Fsp3) is 0.615. The summed E-state index contributed by atoms with van der Waals surface area (Å²) in [6.07, 6.45) is 11.0. The van der Waals surface area contributed by atoms with Crippen molar-refractivity contribution in [3.63, 3.8) is 0 Å². The van der Waals surface area contributed by atoms with Crippen LogP contribution in [0.2, 0.25) is 5.02 Å². The van der Waals surface area contributed by atoms with E-state index in [1.54, 1.807) is 17.8 Å². The largest absolute Gasteiger partial charge is 0.488 e. The Balaban J connectivity index is 1.16. The molecule has 13 nitrogen and oxygen atoms in total. The molecule has 0 unspecified atom stereocenters. The van der Waals surface area contributed by atoms with Crippen LogP contribution in [0.3, 0.4) is 0 Å². The third-order valence-electron chi connectivity index (χ3n) is 11.2. The fourth-order valence-corrected chi connectivity index (χ4v) is 10.3. The van der Waals surface area contributed by atoms with E-state index in [4.69, 9.17) is 26.1 Å². The lowest BCUT2D eigenvalue weighted by Crippen LogP contribution is -2.56. The van der Waals surface area contributed by atoms with Crippen molar-refractivity contribution in [1.82, 2.24) is 25.2 Å². The summed E-state index contributed by atoms with van der Waals surface area (Å²) < 4.78 is 40.2. The van der Waals surface area contributed by atoms with Gasteiger partial charge in [0.25, 0.3) is 5.91 Å². The Morgan fingerprint density at radius 3 is 2.64 bits per heavy atom. The zero-order valence-corrected chi connectivity index (χ0v) is 33.5. The number of hydrogen-bond acceptors (Lipinski definition) is 10. The number of nitrogens with zero attached hydrogens (tertiary/aromatic N) is 2. The van der Waals surface area contributed by atoms with Crippen LogP contribution in [0.25, 0.3) is 10.9 Å². The fourth-order valence-electron chi connectivity index (χ4n) is 7.92. The van der Waals surface area contributed by atoms with E-state index < -0.39 is 62.8 Å². The van der Waals surface area contributed by atoms with Gasteiger partial charge in [-0.25, -0.2) is 18.2 Å². The molecule has 1 aromatic carbocycles. The topological polar surface area (TPSA) is 173 Å². The molecule has 3 heterocycles. The number of fused-ring (bicyclic) bond motifs is 3. The maximum Gasteiger partial charge on any atom is 0.407 e. The molecular formula is C39H50ClN5O8S2. The number of carbonyl (C=O) groups is 4. The molecule has 16 heteroatoms. The van der Waals surface area contributed by atoms with E-state index in [0.717, 1.165) is 49.3 Å². The molecule has 2 aromatic rings. The first-order chi connectivity index (χ1) is 26.5. The summed E-state index contributed by atoms with van der Waals surface area (Å²) in [5.74, 6) is -0.745. The molecule has 3 N–H and O–H groups in total. The molecule has 0 radical (unpaired) electrons. The summed E-state index contributed by atoms with van der Waals surface area (Å²) in [5, 5.41) is 7.14. The number of thioether (sulfide) groups is 1. The van der Waals surface area contributed by atoms with Gasteiger partial charge in [-0.2, -0.15) is 0 Å². The first-order valence-electron chi connectivity index (χ1n) is 19.7. The third-order valence-corrected chi connectivity index (χ3v) is 14.4. The number of ether oxygens (including phenoxy) is 2. The molecule has 5 atom stereocenters. The molecule has 4 fully saturated rings. The highest BCUT2D eigenvalue weighted by atomic mass is 35.5. The van der Waals surface area contributed by atoms with E-state index in [2.05, 4.69) is 22.3 Å². The Bertz CT molecular complexity index is 1940. The molecule has 0 bridgehead atoms. The minimum atomic E-state index is -3.88. The second kappa shape index (κ2) is 16.9. The predicted octanol–water partition coefficient (Wildman–Crippen LogP) is 5.78. The van der Waals surface area contributed by atoms with E-state index in [9.17, 15) is 27.6 Å². The lowest BCUT2D eigenvalue weighted by atomic mass is 10.0. The number of aromatic nitrogens is 1. The van der Waals surface area contributed by atoms with Gasteiger partial charge in [0.1, 0.15) is 34.6 Å². The smallest absolute Gasteiger partial charge is 0.407 e. The van der Waals surface area contributed by atoms with Crippen molar-refractivity contribution >= 4 is 68.1 Å². The van der Waals surface area contributed by atoms with E-state index in [0.29, 0.717) is 53.8 Å². The van der Waals surface area contributed by atoms with Crippen LogP contribution in [-0.2, 0) is 29.1 Å². The Morgan fingerprint density at radius 1 is 1.09 bits per heavy atom. The molecular weight excluding hydrogens is 766 g/mol. The quantitative estimate of drug-likeness (QED) is 0.197. The Morgan fingerprint density at radius 2 is 1.87 bits per heavy atom. The van der Waals surface area contributed by atoms with E-state index in [1.165, 1.54) is 4.90 Å². The van der Waals surface area contributed by atoms with Gasteiger partial charge in [-0.15, -0.1) is 11.8 Å². The second-order valence-electron chi connectivity index (χ2n) is 15.5. The van der Waals surface area contributed by atoms with Gasteiger partial charge in [-0.3, -0.25) is 19.1 Å². The highest BCUT2D eigenvalue weighted by Gasteiger charge is 2.62. The van der Waals surface area contributed by atoms with Crippen molar-refractivity contribution in [2.75, 3.05) is 12.3 Å². The number of carbonyl (C=O) groups excluding carboxylic acids is 4. The van der Waals surface area contributed by atoms with Gasteiger partial charge in [0.05, 0.1) is 22.3 Å². The van der Waals surface area contributed by atoms with Gasteiger partial charge in [-0.1, -0.05) is 43.2 Å². The van der Waals surface area contributed by atoms with E-state index in [-0.39, 0.29) is 37.8 Å². The van der Waals surface area contributed by atoms with Crippen molar-refractivity contribution < 1.29 is 37.1 Å². The first kappa shape index (κ1) is 39.7. The number of rotatable bonds is 10. The average Bonchev–Trinajstić information content (AvgIpc) is 4.02. The monoisotopic (exact) mass is 815 g/mol. The standard InChI is InChI=1S/C39H50ClN5O8S2/c1-2-18-54-33-21-32(29-14-9-15-30(40)35(29)42-33)52-27-20-31-36(47)43-39(37(48)44-55(50,51)28-16-17-28)22-24(39)10-5-3-4-6-11-25(19-34(46)45(31)23-27)41-38(49)53-26-12-7-8-13-26/h5,9-10,14-15,21,24-28,31H,2-4,6-8,11-13,16-20,22-23H2,1H3,(H,41,49)(H,43,47)(H,44,48)/b10-5-/t24-,25+,27-,31+,39-/m1/s1. The normalized spacial score (nSPS) is 28.3. The Hall–Kier alpha value is -3.56. The number of allylic oxidation sites excluding steroid dienone is 1. The van der Waals surface area contributed by atoms with Gasteiger partial charge in [-0.05, 0) is 88.5 Å². The number of hydrogen-bond donors (Lipinski definition) is 3. The van der Waals surface area contributed by atoms with Crippen molar-refractivity contribution in [2.24, 2.45) is 5.92 Å². The van der Waals surface area contributed by atoms with Crippen molar-refractivity contribution in [1.29, 1.82) is 0 Å². The van der Waals surface area contributed by atoms with Crippen LogP contribution in [0.1, 0.15) is 96.8 Å². The lowest BCUT2D eigenvalue weighted by molar-refractivity contribution is -0.140. The maximum absolute atomic E-state index is 14.4. The molecule has 1 aromatic heterocycles. The molecule has 1 saturated heterocycles. The molecule has 298 valence electrons. The summed E-state index contributed by atoms with van der Waals surface area (Å²) in [4.78, 5) is 61.6. The molecule has 7 rings (SSSR count). The van der Waals surface area contributed by atoms with Crippen LogP contribution in [0.4, 0.5) is 4.79 Å². The molecule has 3 aliphatic carbocycles. The number of nitrogens with one attached hydrogen (secondary N) is 3. The van der Waals surface area contributed by atoms with Gasteiger partial charge >= 0.3 is 6.09 Å². The van der Waals surface area contributed by atoms with E-state index in [1.807, 2.05) is 30.4 Å². The number of sulfonamides is 1. The van der Waals surface area contributed by atoms with Crippen molar-refractivity contribution in [2.45, 2.75) is 137 Å². The minimum absolute atomic E-state index is 0.0639. The Kier molecular flexibility index (Phi) is 12.2. The molecule has 55 heavy (non-hydrogen) atoms. The van der Waals surface area contributed by atoms with Crippen LogP contribution < -0.4 is 20.1 Å². The summed E-state index contributed by atoms with van der Waals surface area (Å²) in [6.45, 7) is 2.15. The zero-order chi connectivity index (χ0) is 38.7.